The van der Waals surface area contributed by atoms with Crippen molar-refractivity contribution in [2.45, 2.75) is 58.2 Å². The Morgan fingerprint density at radius 3 is 2.37 bits per heavy atom. The zero-order chi connectivity index (χ0) is 20.0. The van der Waals surface area contributed by atoms with Crippen molar-refractivity contribution in [3.63, 3.8) is 0 Å². The first-order chi connectivity index (χ1) is 12.5. The Morgan fingerprint density at radius 2 is 1.81 bits per heavy atom. The normalized spacial score (nSPS) is 23.9. The maximum absolute atomic E-state index is 15.0. The molecule has 1 aromatic rings. The number of ether oxygens (including phenoxy) is 1. The summed E-state index contributed by atoms with van der Waals surface area (Å²) in [6.07, 6.45) is -0.464. The van der Waals surface area contributed by atoms with Crippen LogP contribution in [0.2, 0.25) is 0 Å². The molecule has 0 bridgehead atoms. The third-order valence-electron chi connectivity index (χ3n) is 5.25. The minimum atomic E-state index is -3.51. The molecule has 2 amide bonds. The van der Waals surface area contributed by atoms with Crippen LogP contribution < -0.4 is 0 Å². The maximum Gasteiger partial charge on any atom is 0.410 e. The van der Waals surface area contributed by atoms with E-state index in [1.807, 2.05) is 30.3 Å². The average Bonchev–Trinajstić information content (AvgIpc) is 2.52. The van der Waals surface area contributed by atoms with Crippen molar-refractivity contribution in [2.75, 3.05) is 13.1 Å². The Labute approximate surface area is 158 Å². The van der Waals surface area contributed by atoms with Gasteiger partial charge in [0.05, 0.1) is 5.41 Å². The molecule has 2 fully saturated rings. The maximum atomic E-state index is 15.0. The van der Waals surface area contributed by atoms with Crippen LogP contribution in [0.1, 0.15) is 39.7 Å². The first-order valence-corrected chi connectivity index (χ1v) is 9.16. The number of piperidine rings is 1. The summed E-state index contributed by atoms with van der Waals surface area (Å²) < 4.78 is 35.3. The van der Waals surface area contributed by atoms with Crippen molar-refractivity contribution in [3.05, 3.63) is 35.9 Å². The van der Waals surface area contributed by atoms with Gasteiger partial charge in [-0.1, -0.05) is 30.3 Å². The molecule has 2 aliphatic heterocycles. The molecule has 1 unspecified atom stereocenters. The number of carbonyl (C=O) groups excluding carboxylic acids is 2. The standard InChI is InChI=1S/C20H26F2N2O3/c1-14-10-19(12-23(13-19)17(26)27-18(2,3)4)20(21,22)16(25)24(14)11-15-8-6-5-7-9-15/h5-9,14H,10-13H2,1-4H3. The highest BCUT2D eigenvalue weighted by Gasteiger charge is 2.69. The number of rotatable bonds is 2. The molecule has 148 valence electrons. The molecule has 1 spiro atoms. The van der Waals surface area contributed by atoms with Gasteiger partial charge in [-0.15, -0.1) is 0 Å². The molecule has 0 aromatic heterocycles. The number of halogens is 2. The van der Waals surface area contributed by atoms with Crippen LogP contribution in [0.5, 0.6) is 0 Å². The Bertz CT molecular complexity index is 724. The predicted octanol–water partition coefficient (Wildman–Crippen LogP) is 3.68. The minimum Gasteiger partial charge on any atom is -0.444 e. The van der Waals surface area contributed by atoms with Crippen LogP contribution in [-0.4, -0.2) is 52.5 Å². The van der Waals surface area contributed by atoms with Crippen LogP contribution in [-0.2, 0) is 16.1 Å². The molecular formula is C20H26F2N2O3. The Kier molecular flexibility index (Phi) is 4.68. The lowest BCUT2D eigenvalue weighted by molar-refractivity contribution is -0.227. The quantitative estimate of drug-likeness (QED) is 0.786. The summed E-state index contributed by atoms with van der Waals surface area (Å²) in [6.45, 7) is 6.79. The van der Waals surface area contributed by atoms with E-state index in [9.17, 15) is 9.59 Å². The number of nitrogens with zero attached hydrogens (tertiary/aromatic N) is 2. The number of hydrogen-bond donors (Lipinski definition) is 0. The van der Waals surface area contributed by atoms with Crippen LogP contribution in [0.4, 0.5) is 13.6 Å². The van der Waals surface area contributed by atoms with Crippen LogP contribution in [0.15, 0.2) is 30.3 Å². The van der Waals surface area contributed by atoms with E-state index in [2.05, 4.69) is 0 Å². The largest absolute Gasteiger partial charge is 0.444 e. The van der Waals surface area contributed by atoms with Gasteiger partial charge in [0, 0.05) is 25.7 Å². The second kappa shape index (κ2) is 6.46. The van der Waals surface area contributed by atoms with Crippen LogP contribution in [0.25, 0.3) is 0 Å². The molecule has 1 aromatic carbocycles. The van der Waals surface area contributed by atoms with E-state index >= 15 is 8.78 Å². The average molecular weight is 380 g/mol. The molecule has 2 heterocycles. The fraction of sp³-hybridized carbons (Fsp3) is 0.600. The van der Waals surface area contributed by atoms with Gasteiger partial charge in [-0.05, 0) is 39.7 Å². The van der Waals surface area contributed by atoms with Crippen molar-refractivity contribution in [1.29, 1.82) is 0 Å². The molecule has 0 radical (unpaired) electrons. The highest BCUT2D eigenvalue weighted by atomic mass is 19.3. The summed E-state index contributed by atoms with van der Waals surface area (Å²) in [6, 6.07) is 8.77. The Balaban J connectivity index is 1.72. The van der Waals surface area contributed by atoms with Crippen molar-refractivity contribution < 1.29 is 23.1 Å². The number of amides is 2. The smallest absolute Gasteiger partial charge is 0.410 e. The minimum absolute atomic E-state index is 0.151. The lowest BCUT2D eigenvalue weighted by Crippen LogP contribution is -2.74. The second-order valence-electron chi connectivity index (χ2n) is 8.66. The fourth-order valence-electron chi connectivity index (χ4n) is 3.89. The summed E-state index contributed by atoms with van der Waals surface area (Å²) in [5.41, 5.74) is -1.38. The molecule has 7 heteroatoms. The van der Waals surface area contributed by atoms with Gasteiger partial charge in [-0.25, -0.2) is 4.79 Å². The molecule has 5 nitrogen and oxygen atoms in total. The Morgan fingerprint density at radius 1 is 1.22 bits per heavy atom. The third kappa shape index (κ3) is 3.51. The van der Waals surface area contributed by atoms with E-state index in [1.54, 1.807) is 27.7 Å². The van der Waals surface area contributed by atoms with E-state index in [1.165, 1.54) is 9.80 Å². The van der Waals surface area contributed by atoms with Gasteiger partial charge in [0.15, 0.2) is 0 Å². The summed E-state index contributed by atoms with van der Waals surface area (Å²) in [7, 11) is 0. The van der Waals surface area contributed by atoms with E-state index < -0.39 is 28.9 Å². The molecule has 0 aliphatic carbocycles. The van der Waals surface area contributed by atoms with Crippen molar-refractivity contribution in [2.24, 2.45) is 5.41 Å². The highest BCUT2D eigenvalue weighted by molar-refractivity contribution is 5.86. The van der Waals surface area contributed by atoms with E-state index in [0.29, 0.717) is 0 Å². The zero-order valence-corrected chi connectivity index (χ0v) is 16.2. The van der Waals surface area contributed by atoms with Crippen molar-refractivity contribution in [3.8, 4) is 0 Å². The molecule has 0 saturated carbocycles. The second-order valence-corrected chi connectivity index (χ2v) is 8.66. The fourth-order valence-corrected chi connectivity index (χ4v) is 3.89. The van der Waals surface area contributed by atoms with Gasteiger partial charge < -0.3 is 14.5 Å². The van der Waals surface area contributed by atoms with E-state index in [-0.39, 0.29) is 32.1 Å². The monoisotopic (exact) mass is 380 g/mol. The van der Waals surface area contributed by atoms with E-state index in [4.69, 9.17) is 4.74 Å². The lowest BCUT2D eigenvalue weighted by Gasteiger charge is -2.57. The molecule has 27 heavy (non-hydrogen) atoms. The summed E-state index contributed by atoms with van der Waals surface area (Å²) in [5, 5.41) is 0. The van der Waals surface area contributed by atoms with Crippen LogP contribution in [0, 0.1) is 5.41 Å². The SMILES string of the molecule is CC1CC2(CN(C(=O)OC(C)(C)C)C2)C(F)(F)C(=O)N1Cc1ccccc1. The number of hydrogen-bond acceptors (Lipinski definition) is 3. The number of likely N-dealkylation sites (tertiary alicyclic amines) is 2. The molecule has 1 atom stereocenters. The molecular weight excluding hydrogens is 354 g/mol. The molecule has 3 rings (SSSR count). The number of carbonyl (C=O) groups is 2. The summed E-state index contributed by atoms with van der Waals surface area (Å²) in [5.74, 6) is -4.67. The number of benzene rings is 1. The summed E-state index contributed by atoms with van der Waals surface area (Å²) in [4.78, 5) is 27.2. The first-order valence-electron chi connectivity index (χ1n) is 9.16. The first kappa shape index (κ1) is 19.6. The van der Waals surface area contributed by atoms with Crippen LogP contribution in [0.3, 0.4) is 0 Å². The van der Waals surface area contributed by atoms with Crippen molar-refractivity contribution in [1.82, 2.24) is 9.80 Å². The summed E-state index contributed by atoms with van der Waals surface area (Å²) >= 11 is 0. The van der Waals surface area contributed by atoms with Crippen LogP contribution >= 0.6 is 0 Å². The van der Waals surface area contributed by atoms with Gasteiger partial charge in [-0.3, -0.25) is 4.79 Å². The molecule has 2 aliphatic rings. The lowest BCUT2D eigenvalue weighted by atomic mass is 9.66. The van der Waals surface area contributed by atoms with Gasteiger partial charge >= 0.3 is 12.0 Å². The predicted molar refractivity (Wildman–Crippen MR) is 96.3 cm³/mol. The zero-order valence-electron chi connectivity index (χ0n) is 16.2. The van der Waals surface area contributed by atoms with E-state index in [0.717, 1.165) is 5.56 Å². The third-order valence-corrected chi connectivity index (χ3v) is 5.25. The molecule has 2 saturated heterocycles. The topological polar surface area (TPSA) is 49.9 Å². The van der Waals surface area contributed by atoms with Crippen molar-refractivity contribution >= 4 is 12.0 Å². The highest BCUT2D eigenvalue weighted by Crippen LogP contribution is 2.52. The Hall–Kier alpha value is -2.18. The van der Waals surface area contributed by atoms with Gasteiger partial charge in [-0.2, -0.15) is 8.78 Å². The molecule has 0 N–H and O–H groups in total. The number of alkyl halides is 2. The van der Waals surface area contributed by atoms with Gasteiger partial charge in [0.25, 0.3) is 5.91 Å². The van der Waals surface area contributed by atoms with Gasteiger partial charge in [0.2, 0.25) is 0 Å². The van der Waals surface area contributed by atoms with Gasteiger partial charge in [0.1, 0.15) is 5.60 Å².